The van der Waals surface area contributed by atoms with Crippen molar-refractivity contribution < 1.29 is 9.90 Å². The highest BCUT2D eigenvalue weighted by Crippen LogP contribution is 2.34. The van der Waals surface area contributed by atoms with Gasteiger partial charge in [-0.1, -0.05) is 39.0 Å². The fourth-order valence-corrected chi connectivity index (χ4v) is 4.99. The number of aliphatic hydroxyl groups excluding tert-OH is 1. The number of nitrogens with two attached hydrogens (primary N) is 1. The van der Waals surface area contributed by atoms with E-state index in [1.807, 2.05) is 39.4 Å². The zero-order valence-electron chi connectivity index (χ0n) is 19.4. The second-order valence-corrected chi connectivity index (χ2v) is 10.5. The summed E-state index contributed by atoms with van der Waals surface area (Å²) in [6.07, 6.45) is 3.55. The van der Waals surface area contributed by atoms with Crippen LogP contribution in [0.5, 0.6) is 0 Å². The molecular formula is C24H32ClN5O2S. The lowest BCUT2D eigenvalue weighted by Crippen LogP contribution is -2.50. The normalized spacial score (nSPS) is 19.4. The smallest absolute Gasteiger partial charge is 0.240 e. The van der Waals surface area contributed by atoms with Crippen LogP contribution in [0, 0.1) is 12.3 Å². The lowest BCUT2D eigenvalue weighted by atomic mass is 9.86. The van der Waals surface area contributed by atoms with Crippen molar-refractivity contribution in [3.8, 4) is 10.4 Å². The van der Waals surface area contributed by atoms with E-state index >= 15 is 0 Å². The average Bonchev–Trinajstić information content (AvgIpc) is 3.46. The van der Waals surface area contributed by atoms with E-state index in [0.717, 1.165) is 22.6 Å². The van der Waals surface area contributed by atoms with Crippen molar-refractivity contribution in [1.29, 1.82) is 0 Å². The van der Waals surface area contributed by atoms with Gasteiger partial charge in [0.2, 0.25) is 5.91 Å². The molecule has 178 valence electrons. The van der Waals surface area contributed by atoms with E-state index < -0.39 is 12.1 Å². The minimum absolute atomic E-state index is 0. The summed E-state index contributed by atoms with van der Waals surface area (Å²) < 4.78 is 2.06. The molecule has 9 heteroatoms. The first kappa shape index (κ1) is 25.4. The number of benzene rings is 1. The number of halogens is 1. The molecule has 1 saturated heterocycles. The summed E-state index contributed by atoms with van der Waals surface area (Å²) in [6, 6.07) is 7.47. The van der Waals surface area contributed by atoms with Gasteiger partial charge in [0.15, 0.2) is 0 Å². The van der Waals surface area contributed by atoms with Crippen LogP contribution in [0.2, 0.25) is 0 Å². The van der Waals surface area contributed by atoms with Crippen molar-refractivity contribution in [2.75, 3.05) is 6.54 Å². The number of hydrogen-bond acceptors (Lipinski definition) is 6. The van der Waals surface area contributed by atoms with E-state index in [1.165, 1.54) is 4.88 Å². The van der Waals surface area contributed by atoms with Crippen molar-refractivity contribution in [1.82, 2.24) is 19.4 Å². The summed E-state index contributed by atoms with van der Waals surface area (Å²) in [6.45, 7) is 8.79. The van der Waals surface area contributed by atoms with Crippen LogP contribution >= 0.6 is 23.7 Å². The van der Waals surface area contributed by atoms with Crippen molar-refractivity contribution in [2.24, 2.45) is 11.1 Å². The second kappa shape index (κ2) is 9.93. The first-order valence-electron chi connectivity index (χ1n) is 10.9. The SMILES string of the molecule is Cc1ncsc1-c1cccc(Cn2ccnc2[C@@H]2C[C@@H](O)CN2C(=O)[C@@H](N)C(C)(C)C)c1.Cl. The molecule has 1 aliphatic heterocycles. The number of likely N-dealkylation sites (tertiary alicyclic amines) is 1. The summed E-state index contributed by atoms with van der Waals surface area (Å²) >= 11 is 1.64. The Labute approximate surface area is 205 Å². The van der Waals surface area contributed by atoms with Crippen LogP contribution in [0.3, 0.4) is 0 Å². The number of amides is 1. The fourth-order valence-electron chi connectivity index (χ4n) is 4.19. The van der Waals surface area contributed by atoms with Crippen LogP contribution in [-0.4, -0.2) is 49.1 Å². The third kappa shape index (κ3) is 5.30. The number of carbonyl (C=O) groups excluding carboxylic acids is 1. The third-order valence-corrected chi connectivity index (χ3v) is 7.07. The molecule has 33 heavy (non-hydrogen) atoms. The molecule has 1 fully saturated rings. The first-order chi connectivity index (χ1) is 15.1. The van der Waals surface area contributed by atoms with E-state index in [2.05, 4.69) is 38.8 Å². The van der Waals surface area contributed by atoms with Gasteiger partial charge in [-0.3, -0.25) is 4.79 Å². The van der Waals surface area contributed by atoms with Crippen LogP contribution in [0.4, 0.5) is 0 Å². The number of rotatable bonds is 5. The largest absolute Gasteiger partial charge is 0.391 e. The minimum Gasteiger partial charge on any atom is -0.391 e. The Hall–Kier alpha value is -2.26. The van der Waals surface area contributed by atoms with Gasteiger partial charge in [0.1, 0.15) is 5.82 Å². The number of β-amino-alcohol motifs (C(OH)–C–C–N with tert-alkyl or cyclic N) is 1. The summed E-state index contributed by atoms with van der Waals surface area (Å²) in [5, 5.41) is 10.4. The molecule has 4 rings (SSSR count). The molecule has 3 N–H and O–H groups in total. The second-order valence-electron chi connectivity index (χ2n) is 9.62. The Kier molecular flexibility index (Phi) is 7.63. The van der Waals surface area contributed by atoms with Crippen molar-refractivity contribution in [3.63, 3.8) is 0 Å². The van der Waals surface area contributed by atoms with E-state index in [9.17, 15) is 9.90 Å². The molecule has 7 nitrogen and oxygen atoms in total. The standard InChI is InChI=1S/C24H31N5O2S.ClH/c1-15-20(32-14-27-15)17-7-5-6-16(10-17)12-28-9-8-26-22(28)19-11-18(30)13-29(19)23(31)21(25)24(2,3)4;/h5-10,14,18-19,21,30H,11-13,25H2,1-4H3;1H/t18-,19+,21-;/m1./s1. The van der Waals surface area contributed by atoms with Crippen molar-refractivity contribution in [2.45, 2.75) is 58.8 Å². The number of aryl methyl sites for hydroxylation is 1. The predicted octanol–water partition coefficient (Wildman–Crippen LogP) is 3.79. The van der Waals surface area contributed by atoms with E-state index in [1.54, 1.807) is 22.4 Å². The zero-order valence-corrected chi connectivity index (χ0v) is 21.1. The van der Waals surface area contributed by atoms with Gasteiger partial charge in [-0.15, -0.1) is 23.7 Å². The summed E-state index contributed by atoms with van der Waals surface area (Å²) in [7, 11) is 0. The van der Waals surface area contributed by atoms with Gasteiger partial charge in [-0.25, -0.2) is 9.97 Å². The Morgan fingerprint density at radius 2 is 2.09 bits per heavy atom. The van der Waals surface area contributed by atoms with Crippen LogP contribution in [-0.2, 0) is 11.3 Å². The van der Waals surface area contributed by atoms with Gasteiger partial charge in [-0.2, -0.15) is 0 Å². The molecule has 0 unspecified atom stereocenters. The molecule has 0 saturated carbocycles. The molecule has 1 aliphatic rings. The van der Waals surface area contributed by atoms with Crippen LogP contribution in [0.25, 0.3) is 10.4 Å². The van der Waals surface area contributed by atoms with Gasteiger partial charge >= 0.3 is 0 Å². The Morgan fingerprint density at radius 1 is 1.33 bits per heavy atom. The highest BCUT2D eigenvalue weighted by molar-refractivity contribution is 7.13. The van der Waals surface area contributed by atoms with Crippen LogP contribution in [0.15, 0.2) is 42.2 Å². The van der Waals surface area contributed by atoms with Gasteiger partial charge in [-0.05, 0) is 29.5 Å². The van der Waals surface area contributed by atoms with Crippen molar-refractivity contribution in [3.05, 3.63) is 59.3 Å². The number of aromatic nitrogens is 3. The number of thiazole rings is 1. The molecule has 3 aromatic rings. The molecule has 0 bridgehead atoms. The summed E-state index contributed by atoms with van der Waals surface area (Å²) in [5.41, 5.74) is 11.1. The molecule has 1 aromatic carbocycles. The van der Waals surface area contributed by atoms with Gasteiger partial charge in [0.05, 0.1) is 34.3 Å². The predicted molar refractivity (Wildman–Crippen MR) is 133 cm³/mol. The maximum absolute atomic E-state index is 13.2. The molecule has 0 spiro atoms. The van der Waals surface area contributed by atoms with Crippen LogP contribution in [0.1, 0.15) is 50.3 Å². The summed E-state index contributed by atoms with van der Waals surface area (Å²) in [4.78, 5) is 25.0. The van der Waals surface area contributed by atoms with E-state index in [4.69, 9.17) is 5.73 Å². The van der Waals surface area contributed by atoms with Crippen molar-refractivity contribution >= 4 is 29.7 Å². The molecular weight excluding hydrogens is 458 g/mol. The highest BCUT2D eigenvalue weighted by Gasteiger charge is 2.41. The topological polar surface area (TPSA) is 97.3 Å². The zero-order chi connectivity index (χ0) is 23.0. The minimum atomic E-state index is -0.641. The quantitative estimate of drug-likeness (QED) is 0.568. The molecule has 0 aliphatic carbocycles. The number of carbonyl (C=O) groups is 1. The molecule has 3 atom stereocenters. The Balaban J connectivity index is 0.00000306. The van der Waals surface area contributed by atoms with Gasteiger partial charge in [0.25, 0.3) is 0 Å². The number of hydrogen-bond donors (Lipinski definition) is 2. The summed E-state index contributed by atoms with van der Waals surface area (Å²) in [5.74, 6) is 0.631. The lowest BCUT2D eigenvalue weighted by Gasteiger charge is -2.32. The maximum Gasteiger partial charge on any atom is 0.240 e. The third-order valence-electron chi connectivity index (χ3n) is 6.09. The molecule has 3 heterocycles. The van der Waals surface area contributed by atoms with Gasteiger partial charge in [0, 0.05) is 31.9 Å². The Morgan fingerprint density at radius 3 is 2.76 bits per heavy atom. The fraction of sp³-hybridized carbons (Fsp3) is 0.458. The highest BCUT2D eigenvalue weighted by atomic mass is 35.5. The monoisotopic (exact) mass is 489 g/mol. The number of imidazole rings is 1. The maximum atomic E-state index is 13.2. The molecule has 0 radical (unpaired) electrons. The van der Waals surface area contributed by atoms with Gasteiger partial charge < -0.3 is 20.3 Å². The average molecular weight is 490 g/mol. The molecule has 1 amide bonds. The van der Waals surface area contributed by atoms with E-state index in [0.29, 0.717) is 13.0 Å². The lowest BCUT2D eigenvalue weighted by molar-refractivity contribution is -0.136. The first-order valence-corrected chi connectivity index (χ1v) is 11.8. The number of aliphatic hydroxyl groups is 1. The van der Waals surface area contributed by atoms with E-state index in [-0.39, 0.29) is 36.3 Å². The Bertz CT molecular complexity index is 1110. The number of nitrogens with zero attached hydrogens (tertiary/aromatic N) is 4. The van der Waals surface area contributed by atoms with Crippen LogP contribution < -0.4 is 5.73 Å². The molecule has 2 aromatic heterocycles.